The van der Waals surface area contributed by atoms with Gasteiger partial charge in [0.15, 0.2) is 0 Å². The van der Waals surface area contributed by atoms with Gasteiger partial charge in [-0.2, -0.15) is 0 Å². The lowest BCUT2D eigenvalue weighted by Crippen LogP contribution is -2.25. The van der Waals surface area contributed by atoms with Crippen LogP contribution in [0.2, 0.25) is 0 Å². The predicted molar refractivity (Wildman–Crippen MR) is 119 cm³/mol. The Labute approximate surface area is 173 Å². The number of aromatic hydroxyl groups is 1. The molecule has 0 radical (unpaired) electrons. The maximum atomic E-state index is 12.9. The highest BCUT2D eigenvalue weighted by Gasteiger charge is 2.11. The molecule has 1 aromatic heterocycles. The lowest BCUT2D eigenvalue weighted by Gasteiger charge is -2.07. The maximum absolute atomic E-state index is 12.9. The largest absolute Gasteiger partial charge is 0.508 e. The van der Waals surface area contributed by atoms with Crippen LogP contribution < -0.4 is 5.69 Å². The Hall–Kier alpha value is -2.75. The zero-order valence-corrected chi connectivity index (χ0v) is 17.8. The fourth-order valence-corrected chi connectivity index (χ4v) is 3.70. The van der Waals surface area contributed by atoms with Crippen LogP contribution in [-0.4, -0.2) is 14.2 Å². The van der Waals surface area contributed by atoms with Crippen molar-refractivity contribution < 1.29 is 5.11 Å². The zero-order chi connectivity index (χ0) is 20.8. The highest BCUT2D eigenvalue weighted by Crippen LogP contribution is 2.16. The van der Waals surface area contributed by atoms with E-state index < -0.39 is 0 Å². The second-order valence-corrected chi connectivity index (χ2v) is 8.10. The molecule has 4 heteroatoms. The molecule has 0 aliphatic rings. The minimum atomic E-state index is 0.0828. The van der Waals surface area contributed by atoms with E-state index in [-0.39, 0.29) is 5.69 Å². The molecule has 29 heavy (non-hydrogen) atoms. The van der Waals surface area contributed by atoms with Crippen molar-refractivity contribution in [1.29, 1.82) is 0 Å². The molecule has 0 unspecified atom stereocenters. The van der Waals surface area contributed by atoms with Crippen molar-refractivity contribution >= 4 is 0 Å². The van der Waals surface area contributed by atoms with E-state index in [0.717, 1.165) is 43.5 Å². The maximum Gasteiger partial charge on any atom is 0.328 e. The fraction of sp³-hybridized carbons (Fsp3) is 0.400. The van der Waals surface area contributed by atoms with E-state index in [1.807, 2.05) is 27.5 Å². The van der Waals surface area contributed by atoms with E-state index in [1.165, 1.54) is 11.1 Å². The molecule has 0 spiro atoms. The molecule has 0 atom stereocenters. The number of benzene rings is 2. The molecule has 0 saturated heterocycles. The van der Waals surface area contributed by atoms with E-state index in [9.17, 15) is 9.90 Å². The van der Waals surface area contributed by atoms with Crippen molar-refractivity contribution in [1.82, 2.24) is 9.13 Å². The van der Waals surface area contributed by atoms with Gasteiger partial charge in [0, 0.05) is 18.4 Å². The van der Waals surface area contributed by atoms with E-state index in [0.29, 0.717) is 18.2 Å². The van der Waals surface area contributed by atoms with Gasteiger partial charge in [0.25, 0.3) is 0 Å². The van der Waals surface area contributed by atoms with Gasteiger partial charge in [0.2, 0.25) is 0 Å². The molecule has 0 fully saturated rings. The molecule has 154 valence electrons. The molecule has 1 N–H and O–H groups in total. The van der Waals surface area contributed by atoms with Crippen LogP contribution in [0, 0.1) is 0 Å². The molecular weight excluding hydrogens is 360 g/mol. The third-order valence-electron chi connectivity index (χ3n) is 5.41. The molecule has 1 heterocycles. The summed E-state index contributed by atoms with van der Waals surface area (Å²) >= 11 is 0. The SMILES string of the molecule is CCCn1c(CCCc2ccc(O)cc2)cn(Cc2ccc(C(C)C)cc2)c1=O. The quantitative estimate of drug-likeness (QED) is 0.550. The summed E-state index contributed by atoms with van der Waals surface area (Å²) in [5.41, 5.74) is 4.87. The molecule has 0 bridgehead atoms. The first-order valence-electron chi connectivity index (χ1n) is 10.6. The van der Waals surface area contributed by atoms with Crippen molar-refractivity contribution in [3.8, 4) is 5.75 Å². The topological polar surface area (TPSA) is 47.2 Å². The Morgan fingerprint density at radius 2 is 1.59 bits per heavy atom. The Balaban J connectivity index is 1.71. The Morgan fingerprint density at radius 1 is 0.931 bits per heavy atom. The number of phenols is 1. The minimum absolute atomic E-state index is 0.0828. The Kier molecular flexibility index (Phi) is 6.97. The van der Waals surface area contributed by atoms with Crippen molar-refractivity contribution in [3.05, 3.63) is 87.6 Å². The van der Waals surface area contributed by atoms with Crippen LogP contribution in [0.1, 0.15) is 61.9 Å². The van der Waals surface area contributed by atoms with Crippen LogP contribution in [0.15, 0.2) is 59.5 Å². The summed E-state index contributed by atoms with van der Waals surface area (Å²) in [6, 6.07) is 15.9. The van der Waals surface area contributed by atoms with Crippen molar-refractivity contribution in [3.63, 3.8) is 0 Å². The first-order chi connectivity index (χ1) is 14.0. The lowest BCUT2D eigenvalue weighted by molar-refractivity contribution is 0.475. The highest BCUT2D eigenvalue weighted by molar-refractivity contribution is 5.26. The lowest BCUT2D eigenvalue weighted by atomic mass is 10.0. The molecule has 0 aliphatic heterocycles. The second kappa shape index (κ2) is 9.64. The molecule has 3 aromatic rings. The Morgan fingerprint density at radius 3 is 2.21 bits per heavy atom. The zero-order valence-electron chi connectivity index (χ0n) is 17.8. The molecular formula is C25H32N2O2. The summed E-state index contributed by atoms with van der Waals surface area (Å²) in [6.45, 7) is 7.85. The number of aromatic nitrogens is 2. The number of hydrogen-bond acceptors (Lipinski definition) is 2. The summed E-state index contributed by atoms with van der Waals surface area (Å²) in [7, 11) is 0. The smallest absolute Gasteiger partial charge is 0.328 e. The van der Waals surface area contributed by atoms with Crippen LogP contribution in [0.4, 0.5) is 0 Å². The second-order valence-electron chi connectivity index (χ2n) is 8.10. The van der Waals surface area contributed by atoms with Gasteiger partial charge in [-0.25, -0.2) is 4.79 Å². The fourth-order valence-electron chi connectivity index (χ4n) is 3.70. The number of phenolic OH excluding ortho intramolecular Hbond substituents is 1. The first-order valence-corrected chi connectivity index (χ1v) is 10.6. The first kappa shape index (κ1) is 21.0. The third kappa shape index (κ3) is 5.41. The molecule has 3 rings (SSSR count). The number of rotatable bonds is 9. The summed E-state index contributed by atoms with van der Waals surface area (Å²) in [5.74, 6) is 0.807. The summed E-state index contributed by atoms with van der Waals surface area (Å²) in [5, 5.41) is 9.41. The van der Waals surface area contributed by atoms with Gasteiger partial charge in [-0.3, -0.25) is 9.13 Å². The predicted octanol–water partition coefficient (Wildman–Crippen LogP) is 5.11. The average Bonchev–Trinajstić information content (AvgIpc) is 2.99. The van der Waals surface area contributed by atoms with Crippen LogP contribution in [-0.2, 0) is 25.9 Å². The van der Waals surface area contributed by atoms with E-state index in [4.69, 9.17) is 0 Å². The third-order valence-corrected chi connectivity index (χ3v) is 5.41. The van der Waals surface area contributed by atoms with Gasteiger partial charge < -0.3 is 5.11 Å². The summed E-state index contributed by atoms with van der Waals surface area (Å²) in [4.78, 5) is 12.9. The normalized spacial score (nSPS) is 11.3. The van der Waals surface area contributed by atoms with Crippen LogP contribution >= 0.6 is 0 Å². The van der Waals surface area contributed by atoms with Crippen molar-refractivity contribution in [2.75, 3.05) is 0 Å². The monoisotopic (exact) mass is 392 g/mol. The van der Waals surface area contributed by atoms with Gasteiger partial charge in [-0.15, -0.1) is 0 Å². The van der Waals surface area contributed by atoms with Crippen LogP contribution in [0.5, 0.6) is 5.75 Å². The van der Waals surface area contributed by atoms with Gasteiger partial charge in [0.05, 0.1) is 6.54 Å². The minimum Gasteiger partial charge on any atom is -0.508 e. The van der Waals surface area contributed by atoms with E-state index in [2.05, 4.69) is 45.0 Å². The van der Waals surface area contributed by atoms with Crippen LogP contribution in [0.3, 0.4) is 0 Å². The number of nitrogens with zero attached hydrogens (tertiary/aromatic N) is 2. The van der Waals surface area contributed by atoms with E-state index in [1.54, 1.807) is 12.1 Å². The molecule has 0 saturated carbocycles. The summed E-state index contributed by atoms with van der Waals surface area (Å²) in [6.07, 6.45) is 5.75. The molecule has 0 aliphatic carbocycles. The molecule has 0 amide bonds. The Bertz CT molecular complexity index is 964. The number of imidazole rings is 1. The van der Waals surface area contributed by atoms with Gasteiger partial charge in [0.1, 0.15) is 5.75 Å². The number of aryl methyl sites for hydroxylation is 2. The van der Waals surface area contributed by atoms with Crippen molar-refractivity contribution in [2.24, 2.45) is 0 Å². The van der Waals surface area contributed by atoms with E-state index >= 15 is 0 Å². The van der Waals surface area contributed by atoms with Crippen LogP contribution in [0.25, 0.3) is 0 Å². The summed E-state index contributed by atoms with van der Waals surface area (Å²) < 4.78 is 3.77. The standard InChI is InChI=1S/C25H32N2O2/c1-4-16-27-23(7-5-6-20-10-14-24(28)15-11-20)18-26(25(27)29)17-21-8-12-22(13-9-21)19(2)3/h8-15,18-19,28H,4-7,16-17H2,1-3H3. The molecule has 2 aromatic carbocycles. The van der Waals surface area contributed by atoms with Gasteiger partial charge in [-0.05, 0) is 60.4 Å². The average molecular weight is 393 g/mol. The van der Waals surface area contributed by atoms with Crippen molar-refractivity contribution in [2.45, 2.75) is 65.5 Å². The molecule has 4 nitrogen and oxygen atoms in total. The van der Waals surface area contributed by atoms with Gasteiger partial charge in [-0.1, -0.05) is 57.2 Å². The highest BCUT2D eigenvalue weighted by atomic mass is 16.3. The number of hydrogen-bond donors (Lipinski definition) is 1. The van der Waals surface area contributed by atoms with Gasteiger partial charge >= 0.3 is 5.69 Å².